The monoisotopic (exact) mass is 414 g/mol. The predicted molar refractivity (Wildman–Crippen MR) is 113 cm³/mol. The van der Waals surface area contributed by atoms with Crippen LogP contribution in [0.1, 0.15) is 16.7 Å². The Balaban J connectivity index is 2.03. The molecule has 0 aliphatic carbocycles. The van der Waals surface area contributed by atoms with Crippen molar-refractivity contribution in [2.24, 2.45) is 0 Å². The van der Waals surface area contributed by atoms with Gasteiger partial charge >= 0.3 is 0 Å². The van der Waals surface area contributed by atoms with Gasteiger partial charge in [0.25, 0.3) is 0 Å². The molecule has 0 bridgehead atoms. The van der Waals surface area contributed by atoms with Crippen LogP contribution in [-0.4, -0.2) is 20.6 Å². The van der Waals surface area contributed by atoms with Gasteiger partial charge in [-0.05, 0) is 78.1 Å². The number of benzene rings is 2. The van der Waals surface area contributed by atoms with Crippen LogP contribution in [0.4, 0.5) is 0 Å². The number of nitrogens with zero attached hydrogens (tertiary/aromatic N) is 3. The van der Waals surface area contributed by atoms with Gasteiger partial charge in [-0.2, -0.15) is 5.21 Å². The second-order valence-electron chi connectivity index (χ2n) is 6.41. The maximum Gasteiger partial charge on any atom is 0.214 e. The van der Waals surface area contributed by atoms with Gasteiger partial charge in [0.2, 0.25) is 5.82 Å². The van der Waals surface area contributed by atoms with Crippen molar-refractivity contribution in [2.75, 3.05) is 0 Å². The summed E-state index contributed by atoms with van der Waals surface area (Å²) in [4.78, 5) is 2.16. The largest absolute Gasteiger partial charge is 0.214 e. The molecule has 0 amide bonds. The Morgan fingerprint density at radius 2 is 1.48 bits per heavy atom. The van der Waals surface area contributed by atoms with E-state index in [9.17, 15) is 0 Å². The van der Waals surface area contributed by atoms with E-state index in [1.165, 1.54) is 5.56 Å². The zero-order chi connectivity index (χ0) is 19.1. The summed E-state index contributed by atoms with van der Waals surface area (Å²) in [6, 6.07) is 12.0. The van der Waals surface area contributed by atoms with E-state index in [1.807, 2.05) is 24.3 Å². The standard InChI is InChI=1S/C20H16Cl2N4S/c1-10-8-13(21)4-6-15(10)17-12(3)18(20-23-25-26-24-20)27-19(17)16-7-5-14(22)9-11(16)2/h4-9H,1-3H3,(H,23,24,25,26). The molecule has 7 heteroatoms. The van der Waals surface area contributed by atoms with E-state index < -0.39 is 0 Å². The lowest BCUT2D eigenvalue weighted by Gasteiger charge is -2.12. The number of aromatic nitrogens is 4. The van der Waals surface area contributed by atoms with Gasteiger partial charge in [0.05, 0.1) is 4.88 Å². The lowest BCUT2D eigenvalue weighted by molar-refractivity contribution is 0.881. The predicted octanol–water partition coefficient (Wildman–Crippen LogP) is 6.49. The van der Waals surface area contributed by atoms with Crippen molar-refractivity contribution in [2.45, 2.75) is 20.8 Å². The van der Waals surface area contributed by atoms with Crippen LogP contribution >= 0.6 is 34.5 Å². The Morgan fingerprint density at radius 3 is 2.04 bits per heavy atom. The fourth-order valence-corrected chi connectivity index (χ4v) is 5.08. The topological polar surface area (TPSA) is 54.5 Å². The van der Waals surface area contributed by atoms with E-state index in [1.54, 1.807) is 11.3 Å². The minimum absolute atomic E-state index is 0.600. The molecule has 4 nitrogen and oxygen atoms in total. The molecule has 136 valence electrons. The lowest BCUT2D eigenvalue weighted by Crippen LogP contribution is -1.89. The van der Waals surface area contributed by atoms with Crippen LogP contribution < -0.4 is 0 Å². The molecule has 0 saturated carbocycles. The van der Waals surface area contributed by atoms with Gasteiger partial charge < -0.3 is 0 Å². The molecule has 0 aliphatic rings. The number of H-pyrrole nitrogens is 1. The van der Waals surface area contributed by atoms with Gasteiger partial charge in [-0.15, -0.1) is 21.5 Å². The molecule has 0 saturated heterocycles. The summed E-state index contributed by atoms with van der Waals surface area (Å²) in [5, 5.41) is 16.1. The van der Waals surface area contributed by atoms with E-state index in [-0.39, 0.29) is 0 Å². The number of hydrogen-bond donors (Lipinski definition) is 1. The third-order valence-electron chi connectivity index (χ3n) is 4.59. The fourth-order valence-electron chi connectivity index (χ4n) is 3.29. The van der Waals surface area contributed by atoms with Gasteiger partial charge in [-0.1, -0.05) is 35.3 Å². The van der Waals surface area contributed by atoms with E-state index in [0.29, 0.717) is 5.82 Å². The molecular weight excluding hydrogens is 399 g/mol. The number of aryl methyl sites for hydroxylation is 2. The van der Waals surface area contributed by atoms with Gasteiger partial charge in [0.15, 0.2) is 0 Å². The van der Waals surface area contributed by atoms with Crippen LogP contribution in [0.15, 0.2) is 36.4 Å². The summed E-state index contributed by atoms with van der Waals surface area (Å²) in [5.41, 5.74) is 6.82. The van der Waals surface area contributed by atoms with Crippen LogP contribution in [0.3, 0.4) is 0 Å². The quantitative estimate of drug-likeness (QED) is 0.416. The molecule has 2 aromatic carbocycles. The SMILES string of the molecule is Cc1cc(Cl)ccc1-c1sc(-c2nn[nH]n2)c(C)c1-c1ccc(Cl)cc1C. The van der Waals surface area contributed by atoms with Crippen LogP contribution in [0.25, 0.3) is 32.3 Å². The first-order valence-electron chi connectivity index (χ1n) is 8.36. The van der Waals surface area contributed by atoms with E-state index in [4.69, 9.17) is 23.2 Å². The second-order valence-corrected chi connectivity index (χ2v) is 8.31. The number of hydrogen-bond acceptors (Lipinski definition) is 4. The Hall–Kier alpha value is -2.21. The molecule has 1 N–H and O–H groups in total. The molecule has 0 radical (unpaired) electrons. The number of halogens is 2. The number of rotatable bonds is 3. The highest BCUT2D eigenvalue weighted by Gasteiger charge is 2.23. The minimum atomic E-state index is 0.600. The highest BCUT2D eigenvalue weighted by atomic mass is 35.5. The van der Waals surface area contributed by atoms with Gasteiger partial charge in [-0.25, -0.2) is 0 Å². The molecule has 2 aromatic heterocycles. The Labute approximate surface area is 171 Å². The second kappa shape index (κ2) is 7.08. The Morgan fingerprint density at radius 1 is 0.852 bits per heavy atom. The van der Waals surface area contributed by atoms with Crippen molar-refractivity contribution in [1.82, 2.24) is 20.6 Å². The van der Waals surface area contributed by atoms with Crippen molar-refractivity contribution >= 4 is 34.5 Å². The Bertz CT molecular complexity index is 1130. The summed E-state index contributed by atoms with van der Waals surface area (Å²) in [5.74, 6) is 0.600. The summed E-state index contributed by atoms with van der Waals surface area (Å²) in [6.45, 7) is 6.24. The first-order chi connectivity index (χ1) is 13.0. The number of tetrazole rings is 1. The van der Waals surface area contributed by atoms with Crippen LogP contribution in [0, 0.1) is 20.8 Å². The maximum absolute atomic E-state index is 6.19. The van der Waals surface area contributed by atoms with Crippen molar-refractivity contribution in [3.8, 4) is 32.3 Å². The highest BCUT2D eigenvalue weighted by Crippen LogP contribution is 2.48. The van der Waals surface area contributed by atoms with E-state index in [0.717, 1.165) is 47.6 Å². The molecule has 2 heterocycles. The van der Waals surface area contributed by atoms with Gasteiger partial charge in [0.1, 0.15) is 0 Å². The third-order valence-corrected chi connectivity index (χ3v) is 6.38. The van der Waals surface area contributed by atoms with Crippen LogP contribution in [0.5, 0.6) is 0 Å². The van der Waals surface area contributed by atoms with Crippen LogP contribution in [-0.2, 0) is 0 Å². The summed E-state index contributed by atoms with van der Waals surface area (Å²) >= 11 is 14.0. The zero-order valence-corrected chi connectivity index (χ0v) is 17.3. The van der Waals surface area contributed by atoms with Crippen molar-refractivity contribution in [1.29, 1.82) is 0 Å². The molecule has 4 rings (SSSR count). The number of thiophene rings is 1. The average molecular weight is 415 g/mol. The fraction of sp³-hybridized carbons (Fsp3) is 0.150. The molecule has 0 fully saturated rings. The van der Waals surface area contributed by atoms with Crippen LogP contribution in [0.2, 0.25) is 10.0 Å². The third kappa shape index (κ3) is 3.27. The zero-order valence-electron chi connectivity index (χ0n) is 15.0. The average Bonchev–Trinajstić information content (AvgIpc) is 3.24. The summed E-state index contributed by atoms with van der Waals surface area (Å²) < 4.78 is 0. The molecule has 0 spiro atoms. The minimum Gasteiger partial charge on any atom is -0.177 e. The summed E-state index contributed by atoms with van der Waals surface area (Å²) in [6.07, 6.45) is 0. The molecule has 0 unspecified atom stereocenters. The normalized spacial score (nSPS) is 11.1. The van der Waals surface area contributed by atoms with Gasteiger partial charge in [0, 0.05) is 20.5 Å². The first-order valence-corrected chi connectivity index (χ1v) is 9.93. The lowest BCUT2D eigenvalue weighted by atomic mass is 9.93. The molecule has 0 atom stereocenters. The molecular formula is C20H16Cl2N4S. The van der Waals surface area contributed by atoms with Crippen molar-refractivity contribution in [3.63, 3.8) is 0 Å². The Kier molecular flexibility index (Phi) is 4.76. The van der Waals surface area contributed by atoms with Crippen molar-refractivity contribution in [3.05, 3.63) is 63.1 Å². The first kappa shape index (κ1) is 18.2. The van der Waals surface area contributed by atoms with Crippen molar-refractivity contribution < 1.29 is 0 Å². The van der Waals surface area contributed by atoms with Gasteiger partial charge in [-0.3, -0.25) is 0 Å². The molecule has 0 aliphatic heterocycles. The number of nitrogens with one attached hydrogen (secondary N) is 1. The van der Waals surface area contributed by atoms with E-state index in [2.05, 4.69) is 53.5 Å². The summed E-state index contributed by atoms with van der Waals surface area (Å²) in [7, 11) is 0. The molecule has 27 heavy (non-hydrogen) atoms. The maximum atomic E-state index is 6.19. The smallest absolute Gasteiger partial charge is 0.177 e. The van der Waals surface area contributed by atoms with E-state index >= 15 is 0 Å². The molecule has 4 aromatic rings. The number of aromatic amines is 1. The highest BCUT2D eigenvalue weighted by molar-refractivity contribution is 7.19.